The van der Waals surface area contributed by atoms with Crippen LogP contribution in [0.1, 0.15) is 265 Å². The summed E-state index contributed by atoms with van der Waals surface area (Å²) in [5.41, 5.74) is 0. The van der Waals surface area contributed by atoms with Gasteiger partial charge in [-0.1, -0.05) is 214 Å². The number of rotatable bonds is 41. The van der Waals surface area contributed by atoms with Gasteiger partial charge in [0.15, 0.2) is 0 Å². The van der Waals surface area contributed by atoms with Gasteiger partial charge < -0.3 is 4.48 Å². The predicted molar refractivity (Wildman–Crippen MR) is 213 cm³/mol. The molecule has 1 heteroatoms. The Hall–Kier alpha value is -0.0400. The Morgan fingerprint density at radius 2 is 0.304 bits per heavy atom. The summed E-state index contributed by atoms with van der Waals surface area (Å²) >= 11 is 0. The van der Waals surface area contributed by atoms with Gasteiger partial charge in [-0.05, 0) is 51.4 Å². The second-order valence-electron chi connectivity index (χ2n) is 15.9. The van der Waals surface area contributed by atoms with Crippen molar-refractivity contribution in [2.75, 3.05) is 26.2 Å². The van der Waals surface area contributed by atoms with Gasteiger partial charge in [0.1, 0.15) is 0 Å². The number of unbranched alkanes of at least 4 members (excludes halogenated alkanes) is 33. The molecule has 0 amide bonds. The van der Waals surface area contributed by atoms with Crippen LogP contribution in [0.25, 0.3) is 0 Å². The van der Waals surface area contributed by atoms with Crippen LogP contribution in [0.4, 0.5) is 0 Å². The van der Waals surface area contributed by atoms with Crippen molar-refractivity contribution in [2.45, 2.75) is 265 Å². The highest BCUT2D eigenvalue weighted by Crippen LogP contribution is 2.21. The van der Waals surface area contributed by atoms with Crippen LogP contribution in [-0.4, -0.2) is 30.7 Å². The van der Waals surface area contributed by atoms with E-state index in [1.807, 2.05) is 0 Å². The average Bonchev–Trinajstić information content (AvgIpc) is 3.06. The first-order valence-corrected chi connectivity index (χ1v) is 22.6. The van der Waals surface area contributed by atoms with E-state index in [9.17, 15) is 0 Å². The van der Waals surface area contributed by atoms with Crippen molar-refractivity contribution in [1.82, 2.24) is 0 Å². The molecule has 0 aliphatic carbocycles. The van der Waals surface area contributed by atoms with Crippen molar-refractivity contribution < 1.29 is 4.48 Å². The summed E-state index contributed by atoms with van der Waals surface area (Å²) in [5, 5.41) is 0. The molecule has 0 fully saturated rings. The number of quaternary nitrogens is 1. The standard InChI is InChI=1S/C45H94N/c1-5-9-13-17-21-25-29-33-37-41-45-46(42-38-34-30-26-22-18-14-10-6-2,43-39-35-31-27-23-19-15-11-7-3)44-40-36-32-28-24-20-16-12-8-4/h5-45H2,1-4H3/q+1. The molecular weight excluding hydrogens is 555 g/mol. The summed E-state index contributed by atoms with van der Waals surface area (Å²) in [6.07, 6.45) is 54.2. The van der Waals surface area contributed by atoms with E-state index >= 15 is 0 Å². The molecule has 278 valence electrons. The average molecular weight is 649 g/mol. The van der Waals surface area contributed by atoms with Crippen molar-refractivity contribution in [3.63, 3.8) is 0 Å². The molecule has 0 atom stereocenters. The molecule has 0 aromatic carbocycles. The Kier molecular flexibility index (Phi) is 39.4. The Balaban J connectivity index is 4.85. The normalized spacial score (nSPS) is 12.0. The number of nitrogens with zero attached hydrogens (tertiary/aromatic N) is 1. The largest absolute Gasteiger partial charge is 0.324 e. The first-order valence-electron chi connectivity index (χ1n) is 22.6. The van der Waals surface area contributed by atoms with E-state index in [4.69, 9.17) is 0 Å². The fourth-order valence-electron chi connectivity index (χ4n) is 7.88. The third-order valence-corrected chi connectivity index (χ3v) is 11.2. The van der Waals surface area contributed by atoms with Gasteiger partial charge in [-0.25, -0.2) is 0 Å². The zero-order valence-electron chi connectivity index (χ0n) is 33.4. The van der Waals surface area contributed by atoms with Crippen LogP contribution in [0.2, 0.25) is 0 Å². The molecule has 46 heavy (non-hydrogen) atoms. The zero-order valence-corrected chi connectivity index (χ0v) is 33.4. The molecule has 0 saturated carbocycles. The summed E-state index contributed by atoms with van der Waals surface area (Å²) in [4.78, 5) is 0. The number of hydrogen-bond donors (Lipinski definition) is 0. The van der Waals surface area contributed by atoms with Crippen LogP contribution in [0, 0.1) is 0 Å². The lowest BCUT2D eigenvalue weighted by atomic mass is 10.0. The van der Waals surface area contributed by atoms with Crippen molar-refractivity contribution in [2.24, 2.45) is 0 Å². The molecule has 1 nitrogen and oxygen atoms in total. The maximum absolute atomic E-state index is 2.34. The fourth-order valence-corrected chi connectivity index (χ4v) is 7.88. The summed E-state index contributed by atoms with van der Waals surface area (Å²) in [5.74, 6) is 0. The van der Waals surface area contributed by atoms with E-state index in [-0.39, 0.29) is 0 Å². The Morgan fingerprint density at radius 3 is 0.457 bits per heavy atom. The minimum Gasteiger partial charge on any atom is -0.324 e. The van der Waals surface area contributed by atoms with Crippen molar-refractivity contribution in [3.05, 3.63) is 0 Å². The molecule has 0 heterocycles. The van der Waals surface area contributed by atoms with E-state index in [1.165, 1.54) is 268 Å². The summed E-state index contributed by atoms with van der Waals surface area (Å²) < 4.78 is 1.49. The number of hydrogen-bond acceptors (Lipinski definition) is 0. The molecule has 0 aromatic rings. The van der Waals surface area contributed by atoms with Crippen LogP contribution in [0.15, 0.2) is 0 Å². The summed E-state index contributed by atoms with van der Waals surface area (Å²) in [6, 6.07) is 0. The van der Waals surface area contributed by atoms with Gasteiger partial charge in [-0.2, -0.15) is 0 Å². The van der Waals surface area contributed by atoms with Crippen LogP contribution < -0.4 is 0 Å². The lowest BCUT2D eigenvalue weighted by Crippen LogP contribution is -2.50. The highest BCUT2D eigenvalue weighted by atomic mass is 15.3. The molecule has 0 radical (unpaired) electrons. The van der Waals surface area contributed by atoms with Gasteiger partial charge in [0.2, 0.25) is 0 Å². The molecule has 0 bridgehead atoms. The minimum atomic E-state index is 1.37. The van der Waals surface area contributed by atoms with Crippen LogP contribution >= 0.6 is 0 Å². The van der Waals surface area contributed by atoms with Crippen LogP contribution in [0.3, 0.4) is 0 Å². The first-order chi connectivity index (χ1) is 22.7. The van der Waals surface area contributed by atoms with E-state index in [0.717, 1.165) is 0 Å². The van der Waals surface area contributed by atoms with Gasteiger partial charge in [-0.15, -0.1) is 0 Å². The Morgan fingerprint density at radius 1 is 0.174 bits per heavy atom. The second kappa shape index (κ2) is 39.4. The van der Waals surface area contributed by atoms with E-state index in [1.54, 1.807) is 0 Å². The van der Waals surface area contributed by atoms with Gasteiger partial charge >= 0.3 is 0 Å². The second-order valence-corrected chi connectivity index (χ2v) is 15.9. The van der Waals surface area contributed by atoms with E-state index < -0.39 is 0 Å². The molecule has 0 aromatic heterocycles. The van der Waals surface area contributed by atoms with Crippen molar-refractivity contribution in [1.29, 1.82) is 0 Å². The highest BCUT2D eigenvalue weighted by Gasteiger charge is 2.25. The molecule has 0 spiro atoms. The predicted octanol–water partition coefficient (Wildman–Crippen LogP) is 16.3. The maximum atomic E-state index is 2.34. The Bertz CT molecular complexity index is 472. The van der Waals surface area contributed by atoms with Gasteiger partial charge in [0.05, 0.1) is 26.2 Å². The van der Waals surface area contributed by atoms with E-state index in [2.05, 4.69) is 27.7 Å². The van der Waals surface area contributed by atoms with Crippen LogP contribution in [0.5, 0.6) is 0 Å². The van der Waals surface area contributed by atoms with Gasteiger partial charge in [0, 0.05) is 0 Å². The maximum Gasteiger partial charge on any atom is 0.0786 e. The molecule has 0 aliphatic rings. The minimum absolute atomic E-state index is 1.37. The van der Waals surface area contributed by atoms with Crippen LogP contribution in [-0.2, 0) is 0 Å². The lowest BCUT2D eigenvalue weighted by Gasteiger charge is -2.40. The summed E-state index contributed by atoms with van der Waals surface area (Å²) in [7, 11) is 0. The quantitative estimate of drug-likeness (QED) is 0.0457. The van der Waals surface area contributed by atoms with Gasteiger partial charge in [-0.3, -0.25) is 0 Å². The molecule has 0 rings (SSSR count). The topological polar surface area (TPSA) is 0 Å². The molecule has 0 unspecified atom stereocenters. The fraction of sp³-hybridized carbons (Fsp3) is 1.00. The molecule has 0 N–H and O–H groups in total. The highest BCUT2D eigenvalue weighted by molar-refractivity contribution is 4.56. The monoisotopic (exact) mass is 649 g/mol. The third kappa shape index (κ3) is 33.8. The van der Waals surface area contributed by atoms with Crippen molar-refractivity contribution >= 4 is 0 Å². The summed E-state index contributed by atoms with van der Waals surface area (Å²) in [6.45, 7) is 15.3. The Labute approximate surface area is 295 Å². The zero-order chi connectivity index (χ0) is 33.5. The SMILES string of the molecule is CCCCCCCCCCCC[N+](CCCCCCCCCCC)(CCCCCCCCCCC)CCCCCCCCCCC. The molecule has 0 saturated heterocycles. The molecular formula is C45H94N+. The van der Waals surface area contributed by atoms with Gasteiger partial charge in [0.25, 0.3) is 0 Å². The lowest BCUT2D eigenvalue weighted by molar-refractivity contribution is -0.929. The van der Waals surface area contributed by atoms with Crippen molar-refractivity contribution in [3.8, 4) is 0 Å². The van der Waals surface area contributed by atoms with E-state index in [0.29, 0.717) is 0 Å². The first kappa shape index (κ1) is 46.0. The third-order valence-electron chi connectivity index (χ3n) is 11.2. The molecule has 0 aliphatic heterocycles. The smallest absolute Gasteiger partial charge is 0.0786 e.